The number of unbranched alkanes of at least 4 members (excludes halogenated alkanes) is 1. The molecule has 6 nitrogen and oxygen atoms in total. The van der Waals surface area contributed by atoms with Crippen molar-refractivity contribution in [1.82, 2.24) is 9.88 Å². The second-order valence-electron chi connectivity index (χ2n) is 7.83. The molecule has 1 atom stereocenters. The average molecular weight is 394 g/mol. The van der Waals surface area contributed by atoms with Gasteiger partial charge in [-0.1, -0.05) is 26.7 Å². The lowest BCUT2D eigenvalue weighted by Crippen LogP contribution is -2.46. The van der Waals surface area contributed by atoms with Gasteiger partial charge in [-0.05, 0) is 56.1 Å². The number of carbonyl (C=O) groups excluding carboxylic acids is 1. The van der Waals surface area contributed by atoms with Gasteiger partial charge in [0.15, 0.2) is 0 Å². The molecule has 0 unspecified atom stereocenters. The number of fused-ring (bicyclic) bond motifs is 1. The highest BCUT2D eigenvalue weighted by Gasteiger charge is 2.26. The number of nitrogens with zero attached hydrogens (tertiary/aromatic N) is 1. The predicted octanol–water partition coefficient (Wildman–Crippen LogP) is 3.10. The molecule has 0 spiro atoms. The third-order valence-corrected chi connectivity index (χ3v) is 5.33. The van der Waals surface area contributed by atoms with Crippen LogP contribution in [0, 0.1) is 5.92 Å². The number of hydrogen-bond acceptors (Lipinski definition) is 3. The first-order valence-corrected chi connectivity index (χ1v) is 10.2. The van der Waals surface area contributed by atoms with E-state index >= 15 is 0 Å². The van der Waals surface area contributed by atoms with Crippen LogP contribution in [0.1, 0.15) is 74.0 Å². The Hall–Kier alpha value is -2.18. The first-order valence-electron chi connectivity index (χ1n) is 10.2. The molecular weight excluding hydrogens is 363 g/mol. The van der Waals surface area contributed by atoms with Crippen molar-refractivity contribution in [3.63, 3.8) is 0 Å². The van der Waals surface area contributed by atoms with Gasteiger partial charge in [0.05, 0.1) is 6.67 Å². The number of aromatic nitrogens is 1. The van der Waals surface area contributed by atoms with Crippen molar-refractivity contribution >= 4 is 11.9 Å². The van der Waals surface area contributed by atoms with Crippen molar-refractivity contribution in [1.29, 1.82) is 0 Å². The second-order valence-corrected chi connectivity index (χ2v) is 7.83. The summed E-state index contributed by atoms with van der Waals surface area (Å²) in [5, 5.41) is 11.8. The van der Waals surface area contributed by atoms with Crippen LogP contribution in [-0.2, 0) is 24.2 Å². The highest BCUT2D eigenvalue weighted by molar-refractivity contribution is 5.96. The number of carbonyl (C=O) groups is 2. The minimum atomic E-state index is -1.13. The molecule has 1 aliphatic rings. The van der Waals surface area contributed by atoms with Crippen molar-refractivity contribution in [3.8, 4) is 0 Å². The molecule has 1 aromatic rings. The van der Waals surface area contributed by atoms with Gasteiger partial charge in [-0.3, -0.25) is 14.0 Å². The van der Waals surface area contributed by atoms with Crippen LogP contribution in [0.4, 0.5) is 4.39 Å². The van der Waals surface area contributed by atoms with Gasteiger partial charge in [-0.25, -0.2) is 4.79 Å². The maximum atomic E-state index is 13.1. The number of pyridine rings is 1. The van der Waals surface area contributed by atoms with Crippen LogP contribution < -0.4 is 10.9 Å². The number of carboxylic acids is 1. The fraction of sp³-hybridized carbons (Fsp3) is 0.667. The van der Waals surface area contributed by atoms with Crippen molar-refractivity contribution in [2.24, 2.45) is 5.92 Å². The van der Waals surface area contributed by atoms with E-state index in [1.165, 1.54) is 0 Å². The van der Waals surface area contributed by atoms with Crippen LogP contribution in [0.5, 0.6) is 0 Å². The monoisotopic (exact) mass is 394 g/mol. The zero-order valence-corrected chi connectivity index (χ0v) is 16.8. The zero-order valence-electron chi connectivity index (χ0n) is 16.8. The highest BCUT2D eigenvalue weighted by atomic mass is 19.1. The van der Waals surface area contributed by atoms with Crippen LogP contribution >= 0.6 is 0 Å². The van der Waals surface area contributed by atoms with E-state index in [4.69, 9.17) is 0 Å². The van der Waals surface area contributed by atoms with Crippen LogP contribution in [0.15, 0.2) is 10.9 Å². The second kappa shape index (κ2) is 10.4. The Morgan fingerprint density at radius 1 is 1.18 bits per heavy atom. The van der Waals surface area contributed by atoms with Crippen LogP contribution in [0.25, 0.3) is 0 Å². The molecule has 2 N–H and O–H groups in total. The Labute approximate surface area is 165 Å². The molecule has 0 saturated carbocycles. The number of carboxylic acid groups (broad SMARTS) is 1. The predicted molar refractivity (Wildman–Crippen MR) is 106 cm³/mol. The summed E-state index contributed by atoms with van der Waals surface area (Å²) in [5.74, 6) is -2.09. The van der Waals surface area contributed by atoms with Gasteiger partial charge >= 0.3 is 5.97 Å². The van der Waals surface area contributed by atoms with Crippen molar-refractivity contribution in [2.45, 2.75) is 77.8 Å². The SMILES string of the molecule is CC(C)[C@H](NC(=O)c1cc2c(n(CCCCF)c1=O)CCCCCC2)C(=O)O. The maximum absolute atomic E-state index is 13.1. The minimum absolute atomic E-state index is 0.0218. The Morgan fingerprint density at radius 3 is 2.46 bits per heavy atom. The molecule has 0 aromatic carbocycles. The van der Waals surface area contributed by atoms with Gasteiger partial charge in [-0.2, -0.15) is 0 Å². The molecule has 0 fully saturated rings. The number of alkyl halides is 1. The van der Waals surface area contributed by atoms with E-state index in [-0.39, 0.29) is 11.5 Å². The van der Waals surface area contributed by atoms with Gasteiger partial charge in [0.25, 0.3) is 11.5 Å². The van der Waals surface area contributed by atoms with E-state index in [1.54, 1.807) is 24.5 Å². The minimum Gasteiger partial charge on any atom is -0.480 e. The fourth-order valence-electron chi connectivity index (χ4n) is 3.73. The third kappa shape index (κ3) is 5.42. The summed E-state index contributed by atoms with van der Waals surface area (Å²) in [6, 6.07) is 0.581. The van der Waals surface area contributed by atoms with E-state index in [9.17, 15) is 23.9 Å². The van der Waals surface area contributed by atoms with Gasteiger partial charge in [0.1, 0.15) is 11.6 Å². The number of rotatable bonds is 8. The number of nitrogens with one attached hydrogen (secondary N) is 1. The summed E-state index contributed by atoms with van der Waals surface area (Å²) in [5.41, 5.74) is 1.48. The smallest absolute Gasteiger partial charge is 0.326 e. The zero-order chi connectivity index (χ0) is 20.7. The first kappa shape index (κ1) is 22.1. The largest absolute Gasteiger partial charge is 0.480 e. The molecule has 28 heavy (non-hydrogen) atoms. The molecular formula is C21H31FN2O4. The van der Waals surface area contributed by atoms with Gasteiger partial charge in [0.2, 0.25) is 0 Å². The van der Waals surface area contributed by atoms with Gasteiger partial charge in [0, 0.05) is 12.2 Å². The number of halogens is 1. The van der Waals surface area contributed by atoms with Crippen LogP contribution in [0.3, 0.4) is 0 Å². The Kier molecular flexibility index (Phi) is 8.20. The molecule has 2 rings (SSSR count). The van der Waals surface area contributed by atoms with Gasteiger partial charge < -0.3 is 15.0 Å². The van der Waals surface area contributed by atoms with E-state index in [0.717, 1.165) is 49.8 Å². The van der Waals surface area contributed by atoms with Gasteiger partial charge in [-0.15, -0.1) is 0 Å². The number of amides is 1. The quantitative estimate of drug-likeness (QED) is 0.663. The molecule has 0 saturated heterocycles. The first-order chi connectivity index (χ1) is 13.4. The highest BCUT2D eigenvalue weighted by Crippen LogP contribution is 2.21. The molecule has 0 aliphatic heterocycles. The van der Waals surface area contributed by atoms with Crippen molar-refractivity contribution in [2.75, 3.05) is 6.67 Å². The lowest BCUT2D eigenvalue weighted by Gasteiger charge is -2.22. The summed E-state index contributed by atoms with van der Waals surface area (Å²) in [6.07, 6.45) is 6.63. The van der Waals surface area contributed by atoms with Crippen molar-refractivity contribution < 1.29 is 19.1 Å². The number of hydrogen-bond donors (Lipinski definition) is 2. The van der Waals surface area contributed by atoms with E-state index < -0.39 is 30.2 Å². The van der Waals surface area contributed by atoms with E-state index in [0.29, 0.717) is 19.4 Å². The Balaban J connectivity index is 2.44. The van der Waals surface area contributed by atoms with E-state index in [2.05, 4.69) is 5.32 Å². The summed E-state index contributed by atoms with van der Waals surface area (Å²) in [7, 11) is 0. The summed E-state index contributed by atoms with van der Waals surface area (Å²) in [6.45, 7) is 3.34. The molecule has 1 amide bonds. The summed E-state index contributed by atoms with van der Waals surface area (Å²) in [4.78, 5) is 37.2. The molecule has 1 aromatic heterocycles. The molecule has 0 radical (unpaired) electrons. The van der Waals surface area contributed by atoms with Crippen LogP contribution in [0.2, 0.25) is 0 Å². The molecule has 156 valence electrons. The topological polar surface area (TPSA) is 88.4 Å². The lowest BCUT2D eigenvalue weighted by molar-refractivity contribution is -0.140. The Morgan fingerprint density at radius 2 is 1.86 bits per heavy atom. The van der Waals surface area contributed by atoms with Crippen LogP contribution in [-0.4, -0.2) is 34.3 Å². The fourth-order valence-corrected chi connectivity index (χ4v) is 3.73. The third-order valence-electron chi connectivity index (χ3n) is 5.33. The summed E-state index contributed by atoms with van der Waals surface area (Å²) >= 11 is 0. The lowest BCUT2D eigenvalue weighted by atomic mass is 9.95. The van der Waals surface area contributed by atoms with Crippen molar-refractivity contribution in [3.05, 3.63) is 33.2 Å². The standard InChI is InChI=1S/C21H31FN2O4/c1-14(2)18(21(27)28)23-19(25)16-13-15-9-5-3-4-6-10-17(15)24(20(16)26)12-8-7-11-22/h13-14,18H,3-12H2,1-2H3,(H,23,25)(H,27,28)/t18-/m0/s1. The molecule has 0 bridgehead atoms. The molecule has 1 aliphatic carbocycles. The average Bonchev–Trinajstić information content (AvgIpc) is 2.62. The normalized spacial score (nSPS) is 15.4. The maximum Gasteiger partial charge on any atom is 0.326 e. The van der Waals surface area contributed by atoms with E-state index in [1.807, 2.05) is 0 Å². The number of aryl methyl sites for hydroxylation is 1. The Bertz CT molecular complexity index is 758. The summed E-state index contributed by atoms with van der Waals surface area (Å²) < 4.78 is 14.2. The molecule has 1 heterocycles. The number of aliphatic carboxylic acids is 1. The molecule has 7 heteroatoms.